The Bertz CT molecular complexity index is 474. The second-order valence-corrected chi connectivity index (χ2v) is 3.99. The van der Waals surface area contributed by atoms with Crippen LogP contribution in [0.25, 0.3) is 10.8 Å². The lowest BCUT2D eigenvalue weighted by atomic mass is 9.92. The van der Waals surface area contributed by atoms with Gasteiger partial charge in [0, 0.05) is 0 Å². The first kappa shape index (κ1) is 10.2. The van der Waals surface area contributed by atoms with Gasteiger partial charge in [-0.1, -0.05) is 44.2 Å². The van der Waals surface area contributed by atoms with Crippen LogP contribution in [0.2, 0.25) is 0 Å². The van der Waals surface area contributed by atoms with Gasteiger partial charge in [0.1, 0.15) is 5.82 Å². The second-order valence-electron chi connectivity index (χ2n) is 3.99. The quantitative estimate of drug-likeness (QED) is 0.673. The van der Waals surface area contributed by atoms with Gasteiger partial charge in [0.05, 0.1) is 0 Å². The standard InChI is InChI=1S/C14H15F/c1-3-10(2)14-12-7-5-4-6-11(12)8-9-13(14)15/h4-10H,3H2,1-2H3. The lowest BCUT2D eigenvalue weighted by molar-refractivity contribution is 0.588. The summed E-state index contributed by atoms with van der Waals surface area (Å²) in [7, 11) is 0. The molecular weight excluding hydrogens is 187 g/mol. The van der Waals surface area contributed by atoms with Gasteiger partial charge < -0.3 is 0 Å². The normalized spacial score (nSPS) is 13.0. The number of halogens is 1. The molecule has 1 unspecified atom stereocenters. The van der Waals surface area contributed by atoms with Crippen molar-refractivity contribution in [2.45, 2.75) is 26.2 Å². The highest BCUT2D eigenvalue weighted by Gasteiger charge is 2.12. The van der Waals surface area contributed by atoms with Crippen molar-refractivity contribution in [1.29, 1.82) is 0 Å². The molecule has 0 aliphatic heterocycles. The topological polar surface area (TPSA) is 0 Å². The highest BCUT2D eigenvalue weighted by molar-refractivity contribution is 5.86. The summed E-state index contributed by atoms with van der Waals surface area (Å²) in [5.41, 5.74) is 0.857. The monoisotopic (exact) mass is 202 g/mol. The van der Waals surface area contributed by atoms with E-state index < -0.39 is 0 Å². The number of benzene rings is 2. The predicted octanol–water partition coefficient (Wildman–Crippen LogP) is 4.49. The molecule has 2 rings (SSSR count). The lowest BCUT2D eigenvalue weighted by Crippen LogP contribution is -1.97. The van der Waals surface area contributed by atoms with Crippen LogP contribution in [0.5, 0.6) is 0 Å². The Morgan fingerprint density at radius 1 is 1.13 bits per heavy atom. The van der Waals surface area contributed by atoms with Crippen LogP contribution in [0.15, 0.2) is 36.4 Å². The van der Waals surface area contributed by atoms with Gasteiger partial charge in [-0.3, -0.25) is 0 Å². The van der Waals surface area contributed by atoms with Gasteiger partial charge in [0.2, 0.25) is 0 Å². The average Bonchev–Trinajstić information content (AvgIpc) is 2.28. The summed E-state index contributed by atoms with van der Waals surface area (Å²) in [6.07, 6.45) is 0.963. The SMILES string of the molecule is CCC(C)c1c(F)ccc2ccccc12. The van der Waals surface area contributed by atoms with Crippen molar-refractivity contribution < 1.29 is 4.39 Å². The Labute approximate surface area is 89.7 Å². The molecular formula is C14H15F. The molecule has 0 nitrogen and oxygen atoms in total. The largest absolute Gasteiger partial charge is 0.207 e. The van der Waals surface area contributed by atoms with E-state index in [1.807, 2.05) is 30.3 Å². The molecule has 0 spiro atoms. The van der Waals surface area contributed by atoms with E-state index in [1.54, 1.807) is 6.07 Å². The van der Waals surface area contributed by atoms with Crippen molar-refractivity contribution in [3.63, 3.8) is 0 Å². The summed E-state index contributed by atoms with van der Waals surface area (Å²) in [5, 5.41) is 2.17. The fraction of sp³-hybridized carbons (Fsp3) is 0.286. The van der Waals surface area contributed by atoms with Gasteiger partial charge in [-0.15, -0.1) is 0 Å². The minimum absolute atomic E-state index is 0.0805. The van der Waals surface area contributed by atoms with Gasteiger partial charge in [-0.2, -0.15) is 0 Å². The van der Waals surface area contributed by atoms with Gasteiger partial charge >= 0.3 is 0 Å². The molecule has 0 aliphatic carbocycles. The molecule has 0 amide bonds. The molecule has 15 heavy (non-hydrogen) atoms. The van der Waals surface area contributed by atoms with Crippen LogP contribution in [0.4, 0.5) is 4.39 Å². The van der Waals surface area contributed by atoms with Gasteiger partial charge in [-0.05, 0) is 34.7 Å². The number of rotatable bonds is 2. The van der Waals surface area contributed by atoms with E-state index in [9.17, 15) is 4.39 Å². The van der Waals surface area contributed by atoms with Crippen molar-refractivity contribution in [1.82, 2.24) is 0 Å². The van der Waals surface area contributed by atoms with E-state index in [0.29, 0.717) is 0 Å². The first-order chi connectivity index (χ1) is 7.24. The Balaban J connectivity index is 2.74. The zero-order valence-electron chi connectivity index (χ0n) is 9.13. The first-order valence-electron chi connectivity index (χ1n) is 5.41. The van der Waals surface area contributed by atoms with E-state index in [1.165, 1.54) is 0 Å². The maximum atomic E-state index is 13.8. The minimum Gasteiger partial charge on any atom is -0.207 e. The summed E-state index contributed by atoms with van der Waals surface area (Å²) < 4.78 is 13.8. The molecule has 1 heteroatoms. The molecule has 1 atom stereocenters. The van der Waals surface area contributed by atoms with E-state index in [-0.39, 0.29) is 11.7 Å². The van der Waals surface area contributed by atoms with Gasteiger partial charge in [-0.25, -0.2) is 4.39 Å². The molecule has 2 aromatic rings. The molecule has 0 N–H and O–H groups in total. The Hall–Kier alpha value is -1.37. The highest BCUT2D eigenvalue weighted by Crippen LogP contribution is 2.29. The van der Waals surface area contributed by atoms with Crippen LogP contribution in [0.1, 0.15) is 31.7 Å². The lowest BCUT2D eigenvalue weighted by Gasteiger charge is -2.13. The zero-order valence-corrected chi connectivity index (χ0v) is 9.13. The van der Waals surface area contributed by atoms with Crippen molar-refractivity contribution >= 4 is 10.8 Å². The van der Waals surface area contributed by atoms with Crippen molar-refractivity contribution in [3.05, 3.63) is 47.8 Å². The highest BCUT2D eigenvalue weighted by atomic mass is 19.1. The Kier molecular flexibility index (Phi) is 2.72. The van der Waals surface area contributed by atoms with Crippen LogP contribution in [0, 0.1) is 5.82 Å². The summed E-state index contributed by atoms with van der Waals surface area (Å²) in [6.45, 7) is 4.16. The molecule has 0 aliphatic rings. The van der Waals surface area contributed by atoms with E-state index in [4.69, 9.17) is 0 Å². The maximum absolute atomic E-state index is 13.8. The Morgan fingerprint density at radius 3 is 2.60 bits per heavy atom. The molecule has 0 aromatic heterocycles. The average molecular weight is 202 g/mol. The summed E-state index contributed by atoms with van der Waals surface area (Å²) in [4.78, 5) is 0. The van der Waals surface area contributed by atoms with Crippen molar-refractivity contribution in [3.8, 4) is 0 Å². The van der Waals surface area contributed by atoms with Gasteiger partial charge in [0.15, 0.2) is 0 Å². The van der Waals surface area contributed by atoms with Crippen LogP contribution in [0.3, 0.4) is 0 Å². The van der Waals surface area contributed by atoms with E-state index >= 15 is 0 Å². The van der Waals surface area contributed by atoms with Crippen molar-refractivity contribution in [2.24, 2.45) is 0 Å². The van der Waals surface area contributed by atoms with Crippen LogP contribution >= 0.6 is 0 Å². The predicted molar refractivity (Wildman–Crippen MR) is 62.6 cm³/mol. The van der Waals surface area contributed by atoms with E-state index in [2.05, 4.69) is 13.8 Å². The molecule has 78 valence electrons. The third kappa shape index (κ3) is 1.74. The third-order valence-electron chi connectivity index (χ3n) is 3.02. The van der Waals surface area contributed by atoms with Crippen molar-refractivity contribution in [2.75, 3.05) is 0 Å². The molecule has 0 fully saturated rings. The molecule has 0 radical (unpaired) electrons. The van der Waals surface area contributed by atoms with Gasteiger partial charge in [0.25, 0.3) is 0 Å². The zero-order chi connectivity index (χ0) is 10.8. The maximum Gasteiger partial charge on any atom is 0.127 e. The molecule has 0 heterocycles. The second kappa shape index (κ2) is 4.01. The fourth-order valence-electron chi connectivity index (χ4n) is 1.97. The third-order valence-corrected chi connectivity index (χ3v) is 3.02. The summed E-state index contributed by atoms with van der Waals surface area (Å²) in [6, 6.07) is 11.4. The minimum atomic E-state index is -0.0805. The number of hydrogen-bond donors (Lipinski definition) is 0. The Morgan fingerprint density at radius 2 is 1.87 bits per heavy atom. The summed E-state index contributed by atoms with van der Waals surface area (Å²) in [5.74, 6) is 0.194. The van der Waals surface area contributed by atoms with Crippen LogP contribution in [-0.4, -0.2) is 0 Å². The van der Waals surface area contributed by atoms with Crippen LogP contribution in [-0.2, 0) is 0 Å². The first-order valence-corrected chi connectivity index (χ1v) is 5.41. The smallest absolute Gasteiger partial charge is 0.127 e. The summed E-state index contributed by atoms with van der Waals surface area (Å²) >= 11 is 0. The molecule has 0 saturated carbocycles. The fourth-order valence-corrected chi connectivity index (χ4v) is 1.97. The number of fused-ring (bicyclic) bond motifs is 1. The molecule has 0 saturated heterocycles. The number of hydrogen-bond acceptors (Lipinski definition) is 0. The molecule has 0 bridgehead atoms. The van der Waals surface area contributed by atoms with Crippen LogP contribution < -0.4 is 0 Å². The van der Waals surface area contributed by atoms with E-state index in [0.717, 1.165) is 22.8 Å². The molecule has 2 aromatic carbocycles.